The van der Waals surface area contributed by atoms with E-state index in [1.165, 1.54) is 11.8 Å². The van der Waals surface area contributed by atoms with Gasteiger partial charge in [0.1, 0.15) is 17.2 Å². The van der Waals surface area contributed by atoms with Gasteiger partial charge in [0.15, 0.2) is 5.16 Å². The largest absolute Gasteiger partial charge is 0.383 e. The Labute approximate surface area is 85.5 Å². The standard InChI is InChI=1S/C7H11N5OS/c1-10-6-3(5(9)13)4(8)11-7(12-6)14-2/h1-2H3,(H2,9,13)(H3,8,10,11,12). The molecule has 0 aliphatic heterocycles. The molecule has 5 N–H and O–H groups in total. The maximum atomic E-state index is 11.0. The van der Waals surface area contributed by atoms with E-state index < -0.39 is 5.91 Å². The molecule has 14 heavy (non-hydrogen) atoms. The SMILES string of the molecule is CNc1nc(SC)nc(N)c1C(N)=O. The van der Waals surface area contributed by atoms with Gasteiger partial charge in [-0.1, -0.05) is 11.8 Å². The van der Waals surface area contributed by atoms with E-state index in [0.717, 1.165) is 0 Å². The number of nitrogens with two attached hydrogens (primary N) is 2. The Morgan fingerprint density at radius 3 is 2.57 bits per heavy atom. The smallest absolute Gasteiger partial charge is 0.256 e. The molecule has 0 radical (unpaired) electrons. The van der Waals surface area contributed by atoms with E-state index in [9.17, 15) is 4.79 Å². The predicted molar refractivity (Wildman–Crippen MR) is 56.3 cm³/mol. The Bertz CT molecular complexity index is 367. The quantitative estimate of drug-likeness (QED) is 0.479. The second kappa shape index (κ2) is 4.14. The van der Waals surface area contributed by atoms with Gasteiger partial charge in [-0.15, -0.1) is 0 Å². The van der Waals surface area contributed by atoms with Gasteiger partial charge in [-0.25, -0.2) is 9.97 Å². The highest BCUT2D eigenvalue weighted by atomic mass is 32.2. The number of amides is 1. The van der Waals surface area contributed by atoms with Gasteiger partial charge >= 0.3 is 0 Å². The molecule has 1 aromatic heterocycles. The molecular weight excluding hydrogens is 202 g/mol. The van der Waals surface area contributed by atoms with Crippen molar-refractivity contribution in [1.29, 1.82) is 0 Å². The number of carbonyl (C=O) groups excluding carboxylic acids is 1. The molecule has 1 heterocycles. The number of thioether (sulfide) groups is 1. The van der Waals surface area contributed by atoms with Crippen molar-refractivity contribution in [1.82, 2.24) is 9.97 Å². The van der Waals surface area contributed by atoms with Crippen molar-refractivity contribution in [3.8, 4) is 0 Å². The van der Waals surface area contributed by atoms with Gasteiger partial charge in [0.25, 0.3) is 5.91 Å². The van der Waals surface area contributed by atoms with Crippen LogP contribution in [0.4, 0.5) is 11.6 Å². The fourth-order valence-corrected chi connectivity index (χ4v) is 1.34. The molecule has 0 spiro atoms. The van der Waals surface area contributed by atoms with Crippen LogP contribution in [0.15, 0.2) is 5.16 Å². The van der Waals surface area contributed by atoms with Crippen molar-refractivity contribution < 1.29 is 4.79 Å². The van der Waals surface area contributed by atoms with E-state index in [0.29, 0.717) is 11.0 Å². The van der Waals surface area contributed by atoms with Gasteiger partial charge in [-0.05, 0) is 6.26 Å². The maximum absolute atomic E-state index is 11.0. The van der Waals surface area contributed by atoms with Crippen molar-refractivity contribution in [3.05, 3.63) is 5.56 Å². The molecule has 0 fully saturated rings. The van der Waals surface area contributed by atoms with Crippen LogP contribution in [0.2, 0.25) is 0 Å². The van der Waals surface area contributed by atoms with Crippen LogP contribution in [0, 0.1) is 0 Å². The van der Waals surface area contributed by atoms with Crippen LogP contribution in [0.25, 0.3) is 0 Å². The third-order valence-electron chi connectivity index (χ3n) is 1.58. The summed E-state index contributed by atoms with van der Waals surface area (Å²) >= 11 is 1.34. The number of nitrogen functional groups attached to an aromatic ring is 1. The fourth-order valence-electron chi connectivity index (χ4n) is 0.972. The summed E-state index contributed by atoms with van der Waals surface area (Å²) in [5, 5.41) is 3.24. The molecule has 1 amide bonds. The van der Waals surface area contributed by atoms with Crippen molar-refractivity contribution in [2.75, 3.05) is 24.4 Å². The molecule has 7 heteroatoms. The van der Waals surface area contributed by atoms with Crippen molar-refractivity contribution in [2.24, 2.45) is 5.73 Å². The predicted octanol–water partition coefficient (Wildman–Crippen LogP) is -0.0787. The van der Waals surface area contributed by atoms with Crippen LogP contribution >= 0.6 is 11.8 Å². The first kappa shape index (κ1) is 10.6. The van der Waals surface area contributed by atoms with Gasteiger partial charge in [0, 0.05) is 7.05 Å². The third kappa shape index (κ3) is 1.87. The molecule has 0 atom stereocenters. The molecule has 6 nitrogen and oxygen atoms in total. The number of anilines is 2. The van der Waals surface area contributed by atoms with E-state index in [4.69, 9.17) is 11.5 Å². The molecule has 1 rings (SSSR count). The summed E-state index contributed by atoms with van der Waals surface area (Å²) in [6.07, 6.45) is 1.82. The van der Waals surface area contributed by atoms with Crippen LogP contribution in [-0.4, -0.2) is 29.2 Å². The number of rotatable bonds is 3. The number of aromatic nitrogens is 2. The minimum atomic E-state index is -0.639. The van der Waals surface area contributed by atoms with Gasteiger partial charge in [0.05, 0.1) is 0 Å². The summed E-state index contributed by atoms with van der Waals surface area (Å²) in [6, 6.07) is 0. The highest BCUT2D eigenvalue weighted by Crippen LogP contribution is 2.21. The van der Waals surface area contributed by atoms with E-state index in [2.05, 4.69) is 15.3 Å². The van der Waals surface area contributed by atoms with Gasteiger partial charge in [0.2, 0.25) is 0 Å². The highest BCUT2D eigenvalue weighted by molar-refractivity contribution is 7.98. The Morgan fingerprint density at radius 1 is 1.50 bits per heavy atom. The maximum Gasteiger partial charge on any atom is 0.256 e. The van der Waals surface area contributed by atoms with Gasteiger partial charge in [-0.2, -0.15) is 0 Å². The molecule has 0 bridgehead atoms. The van der Waals surface area contributed by atoms with Crippen LogP contribution in [0.3, 0.4) is 0 Å². The highest BCUT2D eigenvalue weighted by Gasteiger charge is 2.15. The number of nitrogens with one attached hydrogen (secondary N) is 1. The van der Waals surface area contributed by atoms with Crippen molar-refractivity contribution >= 4 is 29.3 Å². The average Bonchev–Trinajstić information content (AvgIpc) is 2.15. The summed E-state index contributed by atoms with van der Waals surface area (Å²) in [5.74, 6) is -0.185. The van der Waals surface area contributed by atoms with E-state index in [1.807, 2.05) is 6.26 Å². The Hall–Kier alpha value is -1.50. The number of hydrogen-bond donors (Lipinski definition) is 3. The molecule has 0 saturated heterocycles. The Morgan fingerprint density at radius 2 is 2.14 bits per heavy atom. The minimum Gasteiger partial charge on any atom is -0.383 e. The zero-order valence-corrected chi connectivity index (χ0v) is 8.68. The van der Waals surface area contributed by atoms with Crippen molar-refractivity contribution in [2.45, 2.75) is 5.16 Å². The molecule has 0 aromatic carbocycles. The minimum absolute atomic E-state index is 0.0983. The molecule has 1 aromatic rings. The fraction of sp³-hybridized carbons (Fsp3) is 0.286. The average molecular weight is 213 g/mol. The van der Waals surface area contributed by atoms with Crippen LogP contribution in [0.1, 0.15) is 10.4 Å². The second-order valence-corrected chi connectivity index (χ2v) is 3.21. The van der Waals surface area contributed by atoms with Crippen molar-refractivity contribution in [3.63, 3.8) is 0 Å². The number of hydrogen-bond acceptors (Lipinski definition) is 6. The van der Waals surface area contributed by atoms with Gasteiger partial charge < -0.3 is 16.8 Å². The Kier molecular flexibility index (Phi) is 3.13. The molecular formula is C7H11N5OS. The lowest BCUT2D eigenvalue weighted by Gasteiger charge is -2.08. The molecule has 0 unspecified atom stereocenters. The summed E-state index contributed by atoms with van der Waals surface area (Å²) < 4.78 is 0. The Balaban J connectivity index is 3.34. The van der Waals surface area contributed by atoms with Crippen LogP contribution in [0.5, 0.6) is 0 Å². The van der Waals surface area contributed by atoms with Crippen LogP contribution < -0.4 is 16.8 Å². The summed E-state index contributed by atoms with van der Waals surface area (Å²) in [5.41, 5.74) is 10.8. The zero-order valence-electron chi connectivity index (χ0n) is 7.87. The lowest BCUT2D eigenvalue weighted by molar-refractivity contribution is 0.100. The molecule has 0 saturated carbocycles. The van der Waals surface area contributed by atoms with Gasteiger partial charge in [-0.3, -0.25) is 4.79 Å². The zero-order chi connectivity index (χ0) is 10.7. The van der Waals surface area contributed by atoms with E-state index in [-0.39, 0.29) is 11.4 Å². The summed E-state index contributed by atoms with van der Waals surface area (Å²) in [4.78, 5) is 19.0. The number of nitrogens with zero attached hydrogens (tertiary/aromatic N) is 2. The first-order valence-corrected chi connectivity index (χ1v) is 5.01. The first-order valence-electron chi connectivity index (χ1n) is 3.79. The van der Waals surface area contributed by atoms with E-state index >= 15 is 0 Å². The van der Waals surface area contributed by atoms with E-state index in [1.54, 1.807) is 7.05 Å². The molecule has 0 aliphatic rings. The number of primary amides is 1. The molecule has 76 valence electrons. The first-order chi connectivity index (χ1) is 6.60. The topological polar surface area (TPSA) is 107 Å². The second-order valence-electron chi connectivity index (χ2n) is 2.43. The molecule has 0 aliphatic carbocycles. The third-order valence-corrected chi connectivity index (χ3v) is 2.13. The van der Waals surface area contributed by atoms with Crippen LogP contribution in [-0.2, 0) is 0 Å². The number of carbonyl (C=O) groups is 1. The summed E-state index contributed by atoms with van der Waals surface area (Å²) in [6.45, 7) is 0. The lowest BCUT2D eigenvalue weighted by atomic mass is 10.2. The summed E-state index contributed by atoms with van der Waals surface area (Å²) in [7, 11) is 1.64. The normalized spacial score (nSPS) is 9.86. The lowest BCUT2D eigenvalue weighted by Crippen LogP contribution is -2.18. The monoisotopic (exact) mass is 213 g/mol.